The van der Waals surface area contributed by atoms with Crippen molar-refractivity contribution in [2.24, 2.45) is 0 Å². The molecule has 0 saturated carbocycles. The number of hydrogen-bond acceptors (Lipinski definition) is 1. The zero-order chi connectivity index (χ0) is 9.84. The molecular weight excluding hydrogens is 171 g/mol. The van der Waals surface area contributed by atoms with Crippen molar-refractivity contribution in [2.75, 3.05) is 0 Å². The van der Waals surface area contributed by atoms with Crippen molar-refractivity contribution < 1.29 is 14.3 Å². The largest absolute Gasteiger partial charge is 0.481 e. The highest BCUT2D eigenvalue weighted by Gasteiger charge is 2.18. The number of carbonyl (C=O) groups is 1. The summed E-state index contributed by atoms with van der Waals surface area (Å²) in [7, 11) is 0. The van der Waals surface area contributed by atoms with Crippen molar-refractivity contribution in [3.05, 3.63) is 48.3 Å². The van der Waals surface area contributed by atoms with Crippen molar-refractivity contribution >= 4 is 5.97 Å². The van der Waals surface area contributed by atoms with Gasteiger partial charge in [0.2, 0.25) is 0 Å². The van der Waals surface area contributed by atoms with E-state index in [2.05, 4.69) is 6.58 Å². The Balaban J connectivity index is 3.12. The van der Waals surface area contributed by atoms with Gasteiger partial charge in [0.25, 0.3) is 0 Å². The molecule has 0 amide bonds. The quantitative estimate of drug-likeness (QED) is 0.724. The van der Waals surface area contributed by atoms with Crippen LogP contribution in [-0.2, 0) is 4.79 Å². The first-order valence-electron chi connectivity index (χ1n) is 3.76. The normalized spacial score (nSPS) is 12.1. The molecule has 1 aromatic carbocycles. The van der Waals surface area contributed by atoms with Gasteiger partial charge in [-0.05, 0) is 6.07 Å². The molecule has 1 atom stereocenters. The van der Waals surface area contributed by atoms with Gasteiger partial charge in [-0.25, -0.2) is 4.39 Å². The Morgan fingerprint density at radius 1 is 1.54 bits per heavy atom. The SMILES string of the molecule is C=CC(C(=O)O)c1ccccc1F. The molecule has 0 aliphatic heterocycles. The second-order valence-corrected chi connectivity index (χ2v) is 2.57. The number of aliphatic carboxylic acids is 1. The average Bonchev–Trinajstić information content (AvgIpc) is 2.09. The fourth-order valence-electron chi connectivity index (χ4n) is 1.09. The number of carboxylic acids is 1. The molecule has 0 radical (unpaired) electrons. The summed E-state index contributed by atoms with van der Waals surface area (Å²) < 4.78 is 13.1. The van der Waals surface area contributed by atoms with Gasteiger partial charge in [0.05, 0.1) is 0 Å². The third-order valence-corrected chi connectivity index (χ3v) is 1.74. The van der Waals surface area contributed by atoms with E-state index in [1.54, 1.807) is 6.07 Å². The highest BCUT2D eigenvalue weighted by molar-refractivity contribution is 5.78. The molecule has 0 aliphatic rings. The molecule has 13 heavy (non-hydrogen) atoms. The van der Waals surface area contributed by atoms with Crippen molar-refractivity contribution in [3.63, 3.8) is 0 Å². The fourth-order valence-corrected chi connectivity index (χ4v) is 1.09. The molecule has 0 aromatic heterocycles. The lowest BCUT2D eigenvalue weighted by Gasteiger charge is -2.07. The molecular formula is C10H9FO2. The highest BCUT2D eigenvalue weighted by Crippen LogP contribution is 2.19. The van der Waals surface area contributed by atoms with E-state index in [1.165, 1.54) is 24.3 Å². The number of rotatable bonds is 3. The molecule has 1 N–H and O–H groups in total. The summed E-state index contributed by atoms with van der Waals surface area (Å²) in [5.41, 5.74) is 0.144. The Labute approximate surface area is 75.3 Å². The van der Waals surface area contributed by atoms with Crippen molar-refractivity contribution in [3.8, 4) is 0 Å². The molecule has 68 valence electrons. The van der Waals surface area contributed by atoms with E-state index >= 15 is 0 Å². The predicted molar refractivity (Wildman–Crippen MR) is 47.0 cm³/mol. The topological polar surface area (TPSA) is 37.3 Å². The van der Waals surface area contributed by atoms with Gasteiger partial charge in [0.1, 0.15) is 11.7 Å². The Kier molecular flexibility index (Phi) is 2.80. The zero-order valence-electron chi connectivity index (χ0n) is 6.90. The second-order valence-electron chi connectivity index (χ2n) is 2.57. The Bertz CT molecular complexity index is 333. The van der Waals surface area contributed by atoms with Gasteiger partial charge >= 0.3 is 5.97 Å². The van der Waals surface area contributed by atoms with Crippen LogP contribution in [0.25, 0.3) is 0 Å². The summed E-state index contributed by atoms with van der Waals surface area (Å²) in [6.07, 6.45) is 1.21. The van der Waals surface area contributed by atoms with Crippen LogP contribution < -0.4 is 0 Å². The van der Waals surface area contributed by atoms with Crippen LogP contribution in [-0.4, -0.2) is 11.1 Å². The smallest absolute Gasteiger partial charge is 0.314 e. The van der Waals surface area contributed by atoms with Gasteiger partial charge in [-0.2, -0.15) is 0 Å². The van der Waals surface area contributed by atoms with Crippen LogP contribution >= 0.6 is 0 Å². The van der Waals surface area contributed by atoms with E-state index in [4.69, 9.17) is 5.11 Å². The van der Waals surface area contributed by atoms with E-state index in [9.17, 15) is 9.18 Å². The first-order valence-corrected chi connectivity index (χ1v) is 3.76. The van der Waals surface area contributed by atoms with E-state index in [-0.39, 0.29) is 5.56 Å². The summed E-state index contributed by atoms with van der Waals surface area (Å²) in [5, 5.41) is 8.71. The summed E-state index contributed by atoms with van der Waals surface area (Å²) in [6.45, 7) is 3.35. The maximum atomic E-state index is 13.1. The first kappa shape index (κ1) is 9.45. The van der Waals surface area contributed by atoms with Crippen LogP contribution in [0.2, 0.25) is 0 Å². The lowest BCUT2D eigenvalue weighted by Crippen LogP contribution is -2.10. The minimum Gasteiger partial charge on any atom is -0.481 e. The minimum atomic E-state index is -1.10. The Morgan fingerprint density at radius 3 is 2.62 bits per heavy atom. The highest BCUT2D eigenvalue weighted by atomic mass is 19.1. The Morgan fingerprint density at radius 2 is 2.15 bits per heavy atom. The van der Waals surface area contributed by atoms with Crippen molar-refractivity contribution in [2.45, 2.75) is 5.92 Å². The number of hydrogen-bond donors (Lipinski definition) is 1. The third-order valence-electron chi connectivity index (χ3n) is 1.74. The summed E-state index contributed by atoms with van der Waals surface area (Å²) >= 11 is 0. The van der Waals surface area contributed by atoms with Crippen LogP contribution in [0.5, 0.6) is 0 Å². The van der Waals surface area contributed by atoms with Gasteiger partial charge in [-0.1, -0.05) is 24.3 Å². The molecule has 1 rings (SSSR count). The standard InChI is InChI=1S/C10H9FO2/c1-2-7(10(12)13)8-5-3-4-6-9(8)11/h2-7H,1H2,(H,12,13). The predicted octanol–water partition coefficient (Wildman–Crippen LogP) is 2.18. The molecule has 0 bridgehead atoms. The van der Waals surface area contributed by atoms with Crippen LogP contribution in [0.1, 0.15) is 11.5 Å². The minimum absolute atomic E-state index is 0.144. The lowest BCUT2D eigenvalue weighted by atomic mass is 9.99. The molecule has 0 aliphatic carbocycles. The second kappa shape index (κ2) is 3.85. The maximum absolute atomic E-state index is 13.1. The third kappa shape index (κ3) is 1.93. The summed E-state index contributed by atoms with van der Waals surface area (Å²) in [6, 6.07) is 5.78. The van der Waals surface area contributed by atoms with E-state index in [0.717, 1.165) is 0 Å². The van der Waals surface area contributed by atoms with Gasteiger partial charge in [0, 0.05) is 5.56 Å². The first-order chi connectivity index (χ1) is 6.16. The summed E-state index contributed by atoms with van der Waals surface area (Å²) in [5.74, 6) is -2.59. The molecule has 1 aromatic rings. The van der Waals surface area contributed by atoms with E-state index in [0.29, 0.717) is 0 Å². The van der Waals surface area contributed by atoms with E-state index in [1.807, 2.05) is 0 Å². The van der Waals surface area contributed by atoms with Gasteiger partial charge in [0.15, 0.2) is 0 Å². The maximum Gasteiger partial charge on any atom is 0.314 e. The monoisotopic (exact) mass is 180 g/mol. The zero-order valence-corrected chi connectivity index (χ0v) is 6.90. The Hall–Kier alpha value is -1.64. The molecule has 3 heteroatoms. The van der Waals surface area contributed by atoms with Gasteiger partial charge in [-0.15, -0.1) is 6.58 Å². The van der Waals surface area contributed by atoms with Crippen LogP contribution in [0.4, 0.5) is 4.39 Å². The van der Waals surface area contributed by atoms with Crippen LogP contribution in [0.3, 0.4) is 0 Å². The molecule has 0 saturated heterocycles. The van der Waals surface area contributed by atoms with Crippen molar-refractivity contribution in [1.82, 2.24) is 0 Å². The van der Waals surface area contributed by atoms with Crippen LogP contribution in [0, 0.1) is 5.82 Å². The van der Waals surface area contributed by atoms with Gasteiger partial charge in [-0.3, -0.25) is 4.79 Å². The molecule has 0 spiro atoms. The van der Waals surface area contributed by atoms with E-state index < -0.39 is 17.7 Å². The molecule has 0 heterocycles. The number of halogens is 1. The molecule has 0 fully saturated rings. The van der Waals surface area contributed by atoms with Crippen LogP contribution in [0.15, 0.2) is 36.9 Å². The fraction of sp³-hybridized carbons (Fsp3) is 0.100. The number of carboxylic acid groups (broad SMARTS) is 1. The molecule has 1 unspecified atom stereocenters. The lowest BCUT2D eigenvalue weighted by molar-refractivity contribution is -0.137. The summed E-state index contributed by atoms with van der Waals surface area (Å²) in [4.78, 5) is 10.6. The number of benzene rings is 1. The van der Waals surface area contributed by atoms with Gasteiger partial charge < -0.3 is 5.11 Å². The average molecular weight is 180 g/mol. The molecule has 2 nitrogen and oxygen atoms in total. The van der Waals surface area contributed by atoms with Crippen molar-refractivity contribution in [1.29, 1.82) is 0 Å².